The van der Waals surface area contributed by atoms with Gasteiger partial charge in [0.15, 0.2) is 5.60 Å². The SMILES string of the molecule is Cc1c(F)cc2nc3c(c4c2c1CC[C@@H]4NC(=O)COCNC(=O)CNC(=O)[C@H](Cc1ccccc1)NC(=O)CNC(=O)CNC(=O)C1(CCC#Cc2cnc(S(C)(=O)=O)nc2)CC1)Cn1c-3cc2c(c1=O)COC(=O)[C@]2(O)CC1CC1. The van der Waals surface area contributed by atoms with Gasteiger partial charge in [-0.2, -0.15) is 0 Å². The molecule has 2 fully saturated rings. The molecular weight excluding hydrogens is 1080 g/mol. The molecular formula is C57H59FN10O13S. The number of rotatable bonds is 21. The average molecular weight is 1140 g/mol. The quantitative estimate of drug-likeness (QED) is 0.0174. The molecule has 2 aliphatic heterocycles. The van der Waals surface area contributed by atoms with Crippen LogP contribution in [0.5, 0.6) is 0 Å². The Labute approximate surface area is 469 Å². The zero-order valence-corrected chi connectivity index (χ0v) is 45.7. The molecule has 0 radical (unpaired) electrons. The maximum absolute atomic E-state index is 15.5. The highest BCUT2D eigenvalue weighted by Gasteiger charge is 2.50. The third-order valence-electron chi connectivity index (χ3n) is 15.6. The predicted molar refractivity (Wildman–Crippen MR) is 288 cm³/mol. The number of amides is 6. The van der Waals surface area contributed by atoms with Crippen LogP contribution in [0.1, 0.15) is 102 Å². The number of esters is 1. The van der Waals surface area contributed by atoms with E-state index in [-0.39, 0.29) is 54.1 Å². The molecule has 0 spiro atoms. The lowest BCUT2D eigenvalue weighted by Crippen LogP contribution is -2.52. The number of carbonyl (C=O) groups excluding carboxylic acids is 7. The van der Waals surface area contributed by atoms with Crippen LogP contribution >= 0.6 is 0 Å². The first-order chi connectivity index (χ1) is 39.2. The molecule has 82 heavy (non-hydrogen) atoms. The number of fused-ring (bicyclic) bond motifs is 5. The Balaban J connectivity index is 0.694. The normalized spacial score (nSPS) is 18.2. The maximum atomic E-state index is 15.5. The summed E-state index contributed by atoms with van der Waals surface area (Å²) in [7, 11) is -3.55. The van der Waals surface area contributed by atoms with Crippen LogP contribution in [0.2, 0.25) is 0 Å². The number of aliphatic hydroxyl groups is 1. The summed E-state index contributed by atoms with van der Waals surface area (Å²) in [6, 6.07) is 9.91. The molecule has 0 bridgehead atoms. The van der Waals surface area contributed by atoms with Crippen LogP contribution < -0.4 is 37.5 Å². The fourth-order valence-corrected chi connectivity index (χ4v) is 11.3. The minimum Gasteiger partial charge on any atom is -0.458 e. The standard InChI is InChI=1S/C57H59FN10O13S/c1-31-35-13-14-40(49-36-27-68-43(50(36)67-41(48(35)49)20-39(31)58)19-38-37(52(68)74)28-81-54(76)57(38,77)21-33-11-12-33)65-47(72)29-80-30-64-45(70)24-60-51(73)42(18-32-8-4-3-5-9-32)66-46(71)26-59-44(69)25-61-53(75)56(16-17-56)15-7-6-10-34-22-62-55(63-23-34)82(2,78)79/h3-5,8-9,19-20,22-23,33,40,42,77H,7,11-18,21,24-30H2,1-2H3,(H,59,69)(H,60,73)(H,61,75)(H,64,70)(H,65,72)(H,66,71)/t40-,42-,57-/m0/s1. The van der Waals surface area contributed by atoms with Gasteiger partial charge < -0.3 is 51.0 Å². The molecule has 6 amide bonds. The summed E-state index contributed by atoms with van der Waals surface area (Å²) in [4.78, 5) is 118. The second-order valence-electron chi connectivity index (χ2n) is 21.5. The number of pyridine rings is 2. The number of hydrogen-bond acceptors (Lipinski definition) is 16. The second-order valence-corrected chi connectivity index (χ2v) is 23.4. The maximum Gasteiger partial charge on any atom is 0.343 e. The lowest BCUT2D eigenvalue weighted by atomic mass is 9.81. The molecule has 0 saturated heterocycles. The van der Waals surface area contributed by atoms with Gasteiger partial charge in [0.2, 0.25) is 50.4 Å². The van der Waals surface area contributed by atoms with E-state index in [1.54, 1.807) is 43.3 Å². The molecule has 2 saturated carbocycles. The van der Waals surface area contributed by atoms with E-state index in [4.69, 9.17) is 14.5 Å². The summed E-state index contributed by atoms with van der Waals surface area (Å²) in [5.74, 6) is 0.975. The summed E-state index contributed by atoms with van der Waals surface area (Å²) in [5.41, 5.74) is 1.79. The molecule has 3 aliphatic carbocycles. The van der Waals surface area contributed by atoms with Crippen molar-refractivity contribution in [3.8, 4) is 23.2 Å². The van der Waals surface area contributed by atoms with Crippen molar-refractivity contribution in [1.29, 1.82) is 0 Å². The molecule has 5 heterocycles. The van der Waals surface area contributed by atoms with Crippen LogP contribution in [-0.4, -0.2) is 120 Å². The molecule has 5 aromatic rings. The van der Waals surface area contributed by atoms with E-state index in [1.165, 1.54) is 23.0 Å². The van der Waals surface area contributed by atoms with Gasteiger partial charge in [-0.3, -0.25) is 33.6 Å². The number of hydrogen-bond donors (Lipinski definition) is 7. The zero-order chi connectivity index (χ0) is 58.1. The van der Waals surface area contributed by atoms with Crippen molar-refractivity contribution in [3.63, 3.8) is 0 Å². The van der Waals surface area contributed by atoms with Crippen molar-refractivity contribution < 1.29 is 61.0 Å². The fraction of sp³-hybridized carbons (Fsp3) is 0.421. The van der Waals surface area contributed by atoms with E-state index in [9.17, 15) is 51.9 Å². The number of halogens is 1. The molecule has 0 unspecified atom stereocenters. The van der Waals surface area contributed by atoms with Gasteiger partial charge in [0.25, 0.3) is 5.56 Å². The molecule has 2 aromatic carbocycles. The van der Waals surface area contributed by atoms with Crippen LogP contribution in [0, 0.1) is 35.9 Å². The summed E-state index contributed by atoms with van der Waals surface area (Å²) >= 11 is 0. The van der Waals surface area contributed by atoms with Crippen LogP contribution in [0.3, 0.4) is 0 Å². The minimum atomic E-state index is -3.55. The first-order valence-electron chi connectivity index (χ1n) is 26.8. The van der Waals surface area contributed by atoms with E-state index in [2.05, 4.69) is 53.7 Å². The van der Waals surface area contributed by atoms with Gasteiger partial charge >= 0.3 is 5.97 Å². The summed E-state index contributed by atoms with van der Waals surface area (Å²) in [5, 5.41) is 27.7. The number of ether oxygens (including phenoxy) is 2. The monoisotopic (exact) mass is 1140 g/mol. The minimum absolute atomic E-state index is 0.0322. The van der Waals surface area contributed by atoms with Gasteiger partial charge in [0, 0.05) is 54.1 Å². The second kappa shape index (κ2) is 23.2. The number of benzene rings is 2. The lowest BCUT2D eigenvalue weighted by Gasteiger charge is -2.32. The molecule has 7 N–H and O–H groups in total. The van der Waals surface area contributed by atoms with E-state index in [0.29, 0.717) is 88.6 Å². The van der Waals surface area contributed by atoms with Gasteiger partial charge in [0.05, 0.1) is 65.7 Å². The van der Waals surface area contributed by atoms with Crippen molar-refractivity contribution in [2.45, 2.75) is 107 Å². The first kappa shape index (κ1) is 56.8. The highest BCUT2D eigenvalue weighted by Crippen LogP contribution is 2.50. The fourth-order valence-electron chi connectivity index (χ4n) is 10.8. The zero-order valence-electron chi connectivity index (χ0n) is 44.9. The summed E-state index contributed by atoms with van der Waals surface area (Å²) in [6.07, 6.45) is 8.17. The summed E-state index contributed by atoms with van der Waals surface area (Å²) < 4.78 is 51.0. The van der Waals surface area contributed by atoms with Gasteiger partial charge in [-0.25, -0.2) is 32.6 Å². The number of cyclic esters (lactones) is 1. The third kappa shape index (κ3) is 12.2. The molecule has 5 aliphatic rings. The molecule has 428 valence electrons. The van der Waals surface area contributed by atoms with Crippen LogP contribution in [0.25, 0.3) is 22.3 Å². The average Bonchev–Trinajstić information content (AvgIpc) is 4.49. The van der Waals surface area contributed by atoms with E-state index in [0.717, 1.165) is 24.7 Å². The van der Waals surface area contributed by atoms with E-state index in [1.807, 2.05) is 0 Å². The highest BCUT2D eigenvalue weighted by molar-refractivity contribution is 7.90. The topological polar surface area (TPSA) is 325 Å². The van der Waals surface area contributed by atoms with Crippen molar-refractivity contribution in [3.05, 3.63) is 116 Å². The van der Waals surface area contributed by atoms with Gasteiger partial charge in [-0.15, -0.1) is 0 Å². The highest BCUT2D eigenvalue weighted by atomic mass is 32.2. The molecule has 3 atom stereocenters. The molecule has 25 heteroatoms. The third-order valence-corrected chi connectivity index (χ3v) is 16.4. The lowest BCUT2D eigenvalue weighted by molar-refractivity contribution is -0.173. The van der Waals surface area contributed by atoms with Crippen molar-refractivity contribution in [2.24, 2.45) is 11.3 Å². The number of carbonyl (C=O) groups is 7. The molecule has 23 nitrogen and oxygen atoms in total. The Morgan fingerprint density at radius 2 is 1.63 bits per heavy atom. The summed E-state index contributed by atoms with van der Waals surface area (Å²) in [6.45, 7) is -0.945. The van der Waals surface area contributed by atoms with Crippen molar-refractivity contribution >= 4 is 62.2 Å². The number of sulfone groups is 1. The number of nitrogens with zero attached hydrogens (tertiary/aromatic N) is 4. The predicted octanol–water partition coefficient (Wildman–Crippen LogP) is 0.993. The Hall–Kier alpha value is -8.47. The molecule has 3 aromatic heterocycles. The van der Waals surface area contributed by atoms with Crippen LogP contribution in [0.4, 0.5) is 4.39 Å². The van der Waals surface area contributed by atoms with E-state index >= 15 is 4.39 Å². The number of aromatic nitrogens is 4. The van der Waals surface area contributed by atoms with E-state index < -0.39 is 113 Å². The number of aryl methyl sites for hydroxylation is 1. The van der Waals surface area contributed by atoms with Crippen molar-refractivity contribution in [1.82, 2.24) is 51.4 Å². The van der Waals surface area contributed by atoms with Crippen molar-refractivity contribution in [2.75, 3.05) is 39.2 Å². The Morgan fingerprint density at radius 1 is 0.915 bits per heavy atom. The Bertz CT molecular complexity index is 3710. The largest absolute Gasteiger partial charge is 0.458 e. The first-order valence-corrected chi connectivity index (χ1v) is 28.7. The Kier molecular flexibility index (Phi) is 16.1. The molecule has 10 rings (SSSR count). The Morgan fingerprint density at radius 3 is 2.35 bits per heavy atom. The smallest absolute Gasteiger partial charge is 0.343 e. The van der Waals surface area contributed by atoms with Crippen LogP contribution in [-0.2, 0) is 84.5 Å². The van der Waals surface area contributed by atoms with Gasteiger partial charge in [-0.05, 0) is 79.7 Å². The van der Waals surface area contributed by atoms with Gasteiger partial charge in [0.1, 0.15) is 31.8 Å². The van der Waals surface area contributed by atoms with Gasteiger partial charge in [-0.1, -0.05) is 55.0 Å². The number of nitrogens with one attached hydrogen (secondary N) is 6. The van der Waals surface area contributed by atoms with Crippen LogP contribution in [0.15, 0.2) is 64.8 Å².